The van der Waals surface area contributed by atoms with Crippen LogP contribution in [0.15, 0.2) is 36.4 Å². The molecule has 44 heavy (non-hydrogen) atoms. The predicted molar refractivity (Wildman–Crippen MR) is 163 cm³/mol. The second-order valence-corrected chi connectivity index (χ2v) is 13.5. The lowest BCUT2D eigenvalue weighted by molar-refractivity contribution is -0.139. The standard InChI is InChI=1S/C33H39Cl2F2N3O4/c1-31(2)43-17-22(44-31)13-14-39-30(42)29-33(24-9-6-10-26(35)28(24)37,25(16-41)20-7-4-3-5-8-20)32(18-38,19-40-29)23-12-11-21(34)15-27(23)36/h6,9-12,15,20,22,25,29,40-41H,3-5,7-8,13-14,16-17,19H2,1-2H3,(H,39,42)/t22-,25?,29?,32?,33?/m0/s1. The van der Waals surface area contributed by atoms with Gasteiger partial charge in [0, 0.05) is 35.8 Å². The molecular weight excluding hydrogens is 611 g/mol. The molecule has 1 saturated carbocycles. The van der Waals surface area contributed by atoms with Crippen molar-refractivity contribution in [2.45, 2.75) is 81.1 Å². The van der Waals surface area contributed by atoms with E-state index in [9.17, 15) is 15.2 Å². The molecule has 5 atom stereocenters. The van der Waals surface area contributed by atoms with Crippen molar-refractivity contribution in [3.63, 3.8) is 0 Å². The highest BCUT2D eigenvalue weighted by Gasteiger charge is 2.70. The second-order valence-electron chi connectivity index (χ2n) is 12.6. The minimum Gasteiger partial charge on any atom is -0.396 e. The molecule has 1 aliphatic carbocycles. The molecular formula is C33H39Cl2F2N3O4. The average Bonchev–Trinajstić information content (AvgIpc) is 3.53. The lowest BCUT2D eigenvalue weighted by Gasteiger charge is -2.52. The zero-order valence-corrected chi connectivity index (χ0v) is 26.5. The van der Waals surface area contributed by atoms with Crippen LogP contribution in [-0.4, -0.2) is 55.2 Å². The molecule has 0 radical (unpaired) electrons. The van der Waals surface area contributed by atoms with E-state index in [2.05, 4.69) is 16.7 Å². The van der Waals surface area contributed by atoms with E-state index in [1.54, 1.807) is 6.07 Å². The Morgan fingerprint density at radius 3 is 2.57 bits per heavy atom. The number of amides is 1. The molecule has 2 heterocycles. The Balaban J connectivity index is 1.68. The highest BCUT2D eigenvalue weighted by atomic mass is 35.5. The topological polar surface area (TPSA) is 104 Å². The van der Waals surface area contributed by atoms with Gasteiger partial charge >= 0.3 is 0 Å². The van der Waals surface area contributed by atoms with Crippen molar-refractivity contribution in [1.82, 2.24) is 10.6 Å². The molecule has 2 aliphatic heterocycles. The van der Waals surface area contributed by atoms with Gasteiger partial charge in [-0.2, -0.15) is 5.26 Å². The molecule has 1 amide bonds. The van der Waals surface area contributed by atoms with E-state index in [1.165, 1.54) is 24.3 Å². The summed E-state index contributed by atoms with van der Waals surface area (Å²) in [4.78, 5) is 14.3. The van der Waals surface area contributed by atoms with Crippen LogP contribution in [-0.2, 0) is 25.1 Å². The number of hydrogen-bond donors (Lipinski definition) is 3. The van der Waals surface area contributed by atoms with Crippen molar-refractivity contribution in [2.75, 3.05) is 26.3 Å². The average molecular weight is 651 g/mol. The largest absolute Gasteiger partial charge is 0.396 e. The highest BCUT2D eigenvalue weighted by molar-refractivity contribution is 6.31. The van der Waals surface area contributed by atoms with Crippen LogP contribution in [0.1, 0.15) is 63.5 Å². The van der Waals surface area contributed by atoms with Crippen molar-refractivity contribution in [2.24, 2.45) is 11.8 Å². The quantitative estimate of drug-likeness (QED) is 0.318. The Kier molecular flexibility index (Phi) is 9.91. The molecule has 0 spiro atoms. The summed E-state index contributed by atoms with van der Waals surface area (Å²) in [6.45, 7) is 3.60. The van der Waals surface area contributed by atoms with Gasteiger partial charge in [0.2, 0.25) is 5.91 Å². The van der Waals surface area contributed by atoms with Gasteiger partial charge in [0.1, 0.15) is 17.0 Å². The number of hydrogen-bond acceptors (Lipinski definition) is 6. The van der Waals surface area contributed by atoms with Crippen LogP contribution in [0.4, 0.5) is 8.78 Å². The molecule has 3 N–H and O–H groups in total. The van der Waals surface area contributed by atoms with Gasteiger partial charge in [-0.3, -0.25) is 4.79 Å². The molecule has 3 fully saturated rings. The van der Waals surface area contributed by atoms with Crippen LogP contribution in [0.5, 0.6) is 0 Å². The van der Waals surface area contributed by atoms with Crippen molar-refractivity contribution < 1.29 is 28.2 Å². The fourth-order valence-electron chi connectivity index (χ4n) is 7.96. The van der Waals surface area contributed by atoms with Gasteiger partial charge in [0.15, 0.2) is 5.79 Å². The lowest BCUT2D eigenvalue weighted by atomic mass is 9.48. The van der Waals surface area contributed by atoms with Crippen LogP contribution in [0.25, 0.3) is 0 Å². The summed E-state index contributed by atoms with van der Waals surface area (Å²) in [5, 5.41) is 28.5. The molecule has 2 aromatic carbocycles. The number of nitrogens with zero attached hydrogens (tertiary/aromatic N) is 1. The molecule has 3 aliphatic rings. The Bertz CT molecular complexity index is 1420. The molecule has 2 aromatic rings. The van der Waals surface area contributed by atoms with E-state index >= 15 is 8.78 Å². The van der Waals surface area contributed by atoms with Crippen molar-refractivity contribution in [3.8, 4) is 6.07 Å². The zero-order chi connectivity index (χ0) is 31.7. The maximum Gasteiger partial charge on any atom is 0.238 e. The van der Waals surface area contributed by atoms with Crippen LogP contribution in [0.3, 0.4) is 0 Å². The third-order valence-electron chi connectivity index (χ3n) is 9.81. The van der Waals surface area contributed by atoms with Gasteiger partial charge in [0.25, 0.3) is 0 Å². The van der Waals surface area contributed by atoms with Gasteiger partial charge in [-0.1, -0.05) is 73.5 Å². The minimum atomic E-state index is -1.83. The summed E-state index contributed by atoms with van der Waals surface area (Å²) >= 11 is 12.5. The number of carbonyl (C=O) groups excluding carboxylic acids is 1. The normalized spacial score (nSPS) is 29.3. The van der Waals surface area contributed by atoms with Gasteiger partial charge in [0.05, 0.1) is 35.3 Å². The molecule has 0 bridgehead atoms. The molecule has 2 saturated heterocycles. The molecule has 4 unspecified atom stereocenters. The monoisotopic (exact) mass is 649 g/mol. The summed E-state index contributed by atoms with van der Waals surface area (Å²) in [6.07, 6.45) is 4.43. The first-order valence-electron chi connectivity index (χ1n) is 15.3. The zero-order valence-electron chi connectivity index (χ0n) is 25.0. The third kappa shape index (κ3) is 5.74. The number of rotatable bonds is 9. The number of aliphatic hydroxyl groups excluding tert-OH is 1. The smallest absolute Gasteiger partial charge is 0.238 e. The van der Waals surface area contributed by atoms with E-state index in [0.29, 0.717) is 25.9 Å². The number of ether oxygens (including phenoxy) is 2. The first-order chi connectivity index (χ1) is 21.0. The summed E-state index contributed by atoms with van der Waals surface area (Å²) in [5.74, 6) is -3.75. The SMILES string of the molecule is CC1(C)OC[C@H](CCNC(=O)C2NCC(C#N)(c3ccc(Cl)cc3F)C2(c2cccc(Cl)c2F)C(CO)C2CCCCC2)O1. The van der Waals surface area contributed by atoms with Crippen molar-refractivity contribution >= 4 is 29.1 Å². The van der Waals surface area contributed by atoms with Crippen LogP contribution in [0, 0.1) is 34.8 Å². The fourth-order valence-corrected chi connectivity index (χ4v) is 8.29. The van der Waals surface area contributed by atoms with Crippen LogP contribution in [0.2, 0.25) is 10.0 Å². The lowest BCUT2D eigenvalue weighted by Crippen LogP contribution is -2.63. The number of carbonyl (C=O) groups is 1. The van der Waals surface area contributed by atoms with Crippen molar-refractivity contribution in [1.29, 1.82) is 5.26 Å². The summed E-state index contributed by atoms with van der Waals surface area (Å²) in [7, 11) is 0. The van der Waals surface area contributed by atoms with E-state index in [-0.39, 0.29) is 46.3 Å². The minimum absolute atomic E-state index is 0.00931. The molecule has 11 heteroatoms. The first kappa shape index (κ1) is 33.1. The number of halogens is 4. The molecule has 0 aromatic heterocycles. The maximum atomic E-state index is 16.5. The van der Waals surface area contributed by atoms with E-state index in [4.69, 9.17) is 32.7 Å². The third-order valence-corrected chi connectivity index (χ3v) is 10.3. The number of nitriles is 1. The predicted octanol–water partition coefficient (Wildman–Crippen LogP) is 5.79. The van der Waals surface area contributed by atoms with Gasteiger partial charge in [-0.25, -0.2) is 8.78 Å². The van der Waals surface area contributed by atoms with Gasteiger partial charge in [-0.05, 0) is 50.3 Å². The summed E-state index contributed by atoms with van der Waals surface area (Å²) < 4.78 is 44.0. The van der Waals surface area contributed by atoms with Gasteiger partial charge < -0.3 is 25.2 Å². The van der Waals surface area contributed by atoms with Crippen LogP contribution < -0.4 is 10.6 Å². The highest BCUT2D eigenvalue weighted by Crippen LogP contribution is 2.59. The maximum absolute atomic E-state index is 16.5. The number of aliphatic hydroxyl groups is 1. The Hall–Kier alpha value is -2.32. The Morgan fingerprint density at radius 2 is 1.93 bits per heavy atom. The fraction of sp³-hybridized carbons (Fsp3) is 0.576. The Labute approximate surface area is 267 Å². The van der Waals surface area contributed by atoms with E-state index in [0.717, 1.165) is 25.3 Å². The second kappa shape index (κ2) is 13.2. The van der Waals surface area contributed by atoms with E-state index < -0.39 is 52.7 Å². The Morgan fingerprint density at radius 1 is 1.18 bits per heavy atom. The number of nitrogens with one attached hydrogen (secondary N) is 2. The molecule has 7 nitrogen and oxygen atoms in total. The van der Waals surface area contributed by atoms with Crippen molar-refractivity contribution in [3.05, 3.63) is 69.2 Å². The molecule has 238 valence electrons. The molecule has 5 rings (SSSR count). The summed E-state index contributed by atoms with van der Waals surface area (Å²) in [6, 6.07) is 9.61. The van der Waals surface area contributed by atoms with Gasteiger partial charge in [-0.15, -0.1) is 0 Å². The van der Waals surface area contributed by atoms with E-state index in [1.807, 2.05) is 13.8 Å². The number of benzene rings is 2. The summed E-state index contributed by atoms with van der Waals surface area (Å²) in [5.41, 5.74) is -3.63. The first-order valence-corrected chi connectivity index (χ1v) is 16.0. The van der Waals surface area contributed by atoms with Crippen LogP contribution >= 0.6 is 23.2 Å².